The van der Waals surface area contributed by atoms with Crippen LogP contribution in [0.2, 0.25) is 0 Å². The van der Waals surface area contributed by atoms with Crippen molar-refractivity contribution in [1.29, 1.82) is 0 Å². The zero-order chi connectivity index (χ0) is 26.2. The lowest BCUT2D eigenvalue weighted by Crippen LogP contribution is -2.42. The number of nitrogens with zero attached hydrogens (tertiary/aromatic N) is 1. The Morgan fingerprint density at radius 1 is 1.06 bits per heavy atom. The summed E-state index contributed by atoms with van der Waals surface area (Å²) in [6.07, 6.45) is 2.35. The number of hydrogen-bond donors (Lipinski definition) is 0. The highest BCUT2D eigenvalue weighted by atomic mass is 16.5. The fraction of sp³-hybridized carbons (Fsp3) is 0.483. The van der Waals surface area contributed by atoms with Crippen molar-refractivity contribution in [2.75, 3.05) is 27.4 Å². The maximum atomic E-state index is 13.8. The molecule has 0 N–H and O–H groups in total. The van der Waals surface area contributed by atoms with Crippen molar-refractivity contribution < 1.29 is 28.6 Å². The number of fused-ring (bicyclic) bond motifs is 1. The molecule has 7 heteroatoms. The number of likely N-dealkylation sites (tertiary alicyclic amines) is 1. The summed E-state index contributed by atoms with van der Waals surface area (Å²) in [5, 5.41) is 0. The van der Waals surface area contributed by atoms with E-state index in [0.29, 0.717) is 48.4 Å². The van der Waals surface area contributed by atoms with Gasteiger partial charge < -0.3 is 19.1 Å². The molecule has 0 aromatic heterocycles. The van der Waals surface area contributed by atoms with Crippen LogP contribution in [0.15, 0.2) is 24.3 Å². The van der Waals surface area contributed by atoms with Crippen LogP contribution in [0, 0.1) is 19.3 Å². The zero-order valence-corrected chi connectivity index (χ0v) is 22.0. The van der Waals surface area contributed by atoms with Gasteiger partial charge in [-0.25, -0.2) is 4.79 Å². The Morgan fingerprint density at radius 3 is 2.47 bits per heavy atom. The maximum Gasteiger partial charge on any atom is 0.328 e. The number of hydrogen-bond acceptors (Lipinski definition) is 6. The Labute approximate surface area is 212 Å². The average Bonchev–Trinajstić information content (AvgIpc) is 3.41. The van der Waals surface area contributed by atoms with E-state index in [1.165, 1.54) is 0 Å². The molecule has 0 saturated carbocycles. The van der Waals surface area contributed by atoms with Crippen LogP contribution in [-0.4, -0.2) is 56.0 Å². The SMILES string of the molecule is COc1ccc(CCOC(=O)[C@@H]2CCCN2C(=O)c2c(C)cc(C)c3c2CC(C)(C)C3=O)cc1OC. The lowest BCUT2D eigenvalue weighted by atomic mass is 9.88. The molecule has 0 radical (unpaired) electrons. The van der Waals surface area contributed by atoms with Crippen LogP contribution in [0.1, 0.15) is 69.7 Å². The van der Waals surface area contributed by atoms with Crippen molar-refractivity contribution in [3.63, 3.8) is 0 Å². The molecule has 4 rings (SSSR count). The minimum absolute atomic E-state index is 0.0802. The summed E-state index contributed by atoms with van der Waals surface area (Å²) < 4.78 is 16.2. The van der Waals surface area contributed by atoms with E-state index in [0.717, 1.165) is 28.7 Å². The summed E-state index contributed by atoms with van der Waals surface area (Å²) >= 11 is 0. The number of benzene rings is 2. The third-order valence-electron chi connectivity index (χ3n) is 7.37. The van der Waals surface area contributed by atoms with Gasteiger partial charge in [-0.05, 0) is 67.5 Å². The Bertz CT molecular complexity index is 1210. The van der Waals surface area contributed by atoms with E-state index < -0.39 is 11.5 Å². The molecule has 192 valence electrons. The quantitative estimate of drug-likeness (QED) is 0.529. The third-order valence-corrected chi connectivity index (χ3v) is 7.37. The zero-order valence-electron chi connectivity index (χ0n) is 22.0. The fourth-order valence-corrected chi connectivity index (χ4v) is 5.52. The van der Waals surface area contributed by atoms with Gasteiger partial charge in [-0.1, -0.05) is 26.0 Å². The summed E-state index contributed by atoms with van der Waals surface area (Å²) in [6.45, 7) is 8.37. The van der Waals surface area contributed by atoms with E-state index in [1.807, 2.05) is 52.0 Å². The monoisotopic (exact) mass is 493 g/mol. The van der Waals surface area contributed by atoms with Gasteiger partial charge in [0, 0.05) is 29.5 Å². The first-order chi connectivity index (χ1) is 17.1. The summed E-state index contributed by atoms with van der Waals surface area (Å²) in [6, 6.07) is 6.88. The summed E-state index contributed by atoms with van der Waals surface area (Å²) in [5.74, 6) is 0.766. The first kappa shape index (κ1) is 25.7. The molecule has 1 amide bonds. The molecular weight excluding hydrogens is 458 g/mol. The minimum atomic E-state index is -0.621. The lowest BCUT2D eigenvalue weighted by Gasteiger charge is -2.25. The number of rotatable bonds is 7. The number of carbonyl (C=O) groups excluding carboxylic acids is 3. The van der Waals surface area contributed by atoms with E-state index in [2.05, 4.69) is 0 Å². The summed E-state index contributed by atoms with van der Waals surface area (Å²) in [4.78, 5) is 41.4. The number of amides is 1. The van der Waals surface area contributed by atoms with Gasteiger partial charge >= 0.3 is 5.97 Å². The van der Waals surface area contributed by atoms with Crippen molar-refractivity contribution in [2.24, 2.45) is 5.41 Å². The first-order valence-corrected chi connectivity index (χ1v) is 12.5. The highest BCUT2D eigenvalue weighted by molar-refractivity contribution is 6.10. The van der Waals surface area contributed by atoms with Crippen molar-refractivity contribution in [3.8, 4) is 11.5 Å². The summed E-state index contributed by atoms with van der Waals surface area (Å²) in [5.41, 5.74) is 4.22. The number of carbonyl (C=O) groups is 3. The third kappa shape index (κ3) is 4.59. The Morgan fingerprint density at radius 2 is 1.78 bits per heavy atom. The number of esters is 1. The molecule has 2 aromatic carbocycles. The minimum Gasteiger partial charge on any atom is -0.493 e. The largest absolute Gasteiger partial charge is 0.493 e. The van der Waals surface area contributed by atoms with Crippen LogP contribution in [0.5, 0.6) is 11.5 Å². The molecule has 1 aliphatic heterocycles. The molecule has 7 nitrogen and oxygen atoms in total. The molecule has 2 aromatic rings. The van der Waals surface area contributed by atoms with Gasteiger partial charge in [0.2, 0.25) is 0 Å². The number of methoxy groups -OCH3 is 2. The van der Waals surface area contributed by atoms with Gasteiger partial charge in [0.1, 0.15) is 6.04 Å². The Kier molecular flexibility index (Phi) is 7.12. The van der Waals surface area contributed by atoms with Gasteiger partial charge in [-0.2, -0.15) is 0 Å². The smallest absolute Gasteiger partial charge is 0.328 e. The van der Waals surface area contributed by atoms with E-state index in [1.54, 1.807) is 19.1 Å². The molecule has 0 spiro atoms. The highest BCUT2D eigenvalue weighted by Crippen LogP contribution is 2.41. The van der Waals surface area contributed by atoms with Crippen LogP contribution < -0.4 is 9.47 Å². The normalized spacial score (nSPS) is 18.2. The van der Waals surface area contributed by atoms with Gasteiger partial charge in [0.05, 0.1) is 20.8 Å². The van der Waals surface area contributed by atoms with E-state index in [-0.39, 0.29) is 24.3 Å². The average molecular weight is 494 g/mol. The fourth-order valence-electron chi connectivity index (χ4n) is 5.52. The van der Waals surface area contributed by atoms with E-state index >= 15 is 0 Å². The van der Waals surface area contributed by atoms with Crippen molar-refractivity contribution in [1.82, 2.24) is 4.90 Å². The van der Waals surface area contributed by atoms with Crippen LogP contribution >= 0.6 is 0 Å². The molecule has 1 fully saturated rings. The Hall–Kier alpha value is -3.35. The molecule has 0 unspecified atom stereocenters. The van der Waals surface area contributed by atoms with Gasteiger partial charge in [-0.15, -0.1) is 0 Å². The van der Waals surface area contributed by atoms with Crippen LogP contribution in [-0.2, 0) is 22.4 Å². The van der Waals surface area contributed by atoms with Crippen molar-refractivity contribution in [3.05, 3.63) is 57.6 Å². The molecule has 1 saturated heterocycles. The Balaban J connectivity index is 1.48. The summed E-state index contributed by atoms with van der Waals surface area (Å²) in [7, 11) is 3.16. The number of ether oxygens (including phenoxy) is 3. The molecular formula is C29H35NO6. The molecule has 36 heavy (non-hydrogen) atoms. The first-order valence-electron chi connectivity index (χ1n) is 12.5. The second kappa shape index (κ2) is 9.96. The molecule has 1 atom stereocenters. The second-order valence-corrected chi connectivity index (χ2v) is 10.4. The van der Waals surface area contributed by atoms with Crippen molar-refractivity contribution in [2.45, 2.75) is 59.4 Å². The van der Waals surface area contributed by atoms with Gasteiger partial charge in [-0.3, -0.25) is 9.59 Å². The van der Waals surface area contributed by atoms with E-state index in [9.17, 15) is 14.4 Å². The molecule has 2 aliphatic rings. The van der Waals surface area contributed by atoms with E-state index in [4.69, 9.17) is 14.2 Å². The number of aryl methyl sites for hydroxylation is 2. The van der Waals surface area contributed by atoms with Crippen molar-refractivity contribution >= 4 is 17.7 Å². The predicted molar refractivity (Wildman–Crippen MR) is 136 cm³/mol. The second-order valence-electron chi connectivity index (χ2n) is 10.4. The predicted octanol–water partition coefficient (Wildman–Crippen LogP) is 4.48. The molecule has 1 heterocycles. The topological polar surface area (TPSA) is 82.1 Å². The van der Waals surface area contributed by atoms with Crippen LogP contribution in [0.25, 0.3) is 0 Å². The van der Waals surface area contributed by atoms with Crippen LogP contribution in [0.4, 0.5) is 0 Å². The molecule has 0 bridgehead atoms. The van der Waals surface area contributed by atoms with Gasteiger partial charge in [0.15, 0.2) is 17.3 Å². The number of Topliss-reactive ketones (excluding diaryl/α,β-unsaturated/α-hetero) is 1. The van der Waals surface area contributed by atoms with Crippen LogP contribution in [0.3, 0.4) is 0 Å². The molecule has 1 aliphatic carbocycles. The standard InChI is InChI=1S/C29H35NO6/c1-17-14-18(2)25(20-16-29(3,4)26(31)24(17)20)27(32)30-12-7-8-21(30)28(33)36-13-11-19-9-10-22(34-5)23(15-19)35-6/h9-10,14-15,21H,7-8,11-13,16H2,1-6H3/t21-/m0/s1. The highest BCUT2D eigenvalue weighted by Gasteiger charge is 2.43. The van der Waals surface area contributed by atoms with Gasteiger partial charge in [0.25, 0.3) is 5.91 Å². The maximum absolute atomic E-state index is 13.8. The lowest BCUT2D eigenvalue weighted by molar-refractivity contribution is -0.148. The number of ketones is 1.